The molecule has 0 aliphatic carbocycles. The average molecular weight is 496 g/mol. The van der Waals surface area contributed by atoms with E-state index in [0.717, 1.165) is 35.1 Å². The van der Waals surface area contributed by atoms with E-state index in [0.29, 0.717) is 18.7 Å². The number of aliphatic carboxylic acids is 1. The van der Waals surface area contributed by atoms with E-state index in [1.807, 2.05) is 42.6 Å². The number of hydrogen-bond acceptors (Lipinski definition) is 3. The number of pyridine rings is 1. The maximum Gasteiger partial charge on any atom is 0.344 e. The number of rotatable bonds is 10. The smallest absolute Gasteiger partial charge is 0.344 e. The summed E-state index contributed by atoms with van der Waals surface area (Å²) in [5, 5.41) is 9.25. The van der Waals surface area contributed by atoms with Gasteiger partial charge in [0.15, 0.2) is 6.10 Å². The van der Waals surface area contributed by atoms with E-state index in [1.54, 1.807) is 23.6 Å². The highest BCUT2D eigenvalue weighted by Crippen LogP contribution is 2.32. The second kappa shape index (κ2) is 11.7. The minimum atomic E-state index is -0.966. The van der Waals surface area contributed by atoms with Crippen molar-refractivity contribution in [1.29, 1.82) is 0 Å². The number of carboxylic acids is 1. The molecule has 0 radical (unpaired) electrons. The molecule has 1 unspecified atom stereocenters. The summed E-state index contributed by atoms with van der Waals surface area (Å²) in [6, 6.07) is 25.9. The summed E-state index contributed by atoms with van der Waals surface area (Å²) in [7, 11) is 0. The van der Waals surface area contributed by atoms with Crippen LogP contribution in [0.15, 0.2) is 89.9 Å². The van der Waals surface area contributed by atoms with Gasteiger partial charge in [-0.1, -0.05) is 72.6 Å². The van der Waals surface area contributed by atoms with E-state index in [4.69, 9.17) is 4.74 Å². The zero-order valence-corrected chi connectivity index (χ0v) is 21.6. The third-order valence-corrected chi connectivity index (χ3v) is 6.44. The molecule has 37 heavy (non-hydrogen) atoms. The van der Waals surface area contributed by atoms with E-state index < -0.39 is 12.1 Å². The van der Waals surface area contributed by atoms with Gasteiger partial charge in [0.05, 0.1) is 0 Å². The van der Waals surface area contributed by atoms with Gasteiger partial charge in [0.25, 0.3) is 5.56 Å². The summed E-state index contributed by atoms with van der Waals surface area (Å²) in [6.45, 7) is 6.58. The highest BCUT2D eigenvalue weighted by Gasteiger charge is 2.16. The van der Waals surface area contributed by atoms with E-state index in [-0.39, 0.29) is 5.56 Å². The number of aryl methyl sites for hydroxylation is 4. The van der Waals surface area contributed by atoms with Crippen LogP contribution in [0, 0.1) is 13.8 Å². The van der Waals surface area contributed by atoms with E-state index in [2.05, 4.69) is 44.2 Å². The maximum atomic E-state index is 12.6. The molecule has 0 aliphatic heterocycles. The van der Waals surface area contributed by atoms with Crippen LogP contribution in [-0.2, 0) is 17.8 Å². The molecule has 1 heterocycles. The summed E-state index contributed by atoms with van der Waals surface area (Å²) in [6.07, 6.45) is 3.00. The monoisotopic (exact) mass is 495 g/mol. The Morgan fingerprint density at radius 2 is 1.59 bits per heavy atom. The van der Waals surface area contributed by atoms with Crippen LogP contribution >= 0.6 is 0 Å². The second-order valence-corrected chi connectivity index (χ2v) is 9.48. The topological polar surface area (TPSA) is 68.5 Å². The molecule has 5 nitrogen and oxygen atoms in total. The number of nitrogens with zero attached hydrogens (tertiary/aromatic N) is 1. The fourth-order valence-electron chi connectivity index (χ4n) is 4.68. The van der Waals surface area contributed by atoms with Crippen molar-refractivity contribution in [1.82, 2.24) is 4.57 Å². The summed E-state index contributed by atoms with van der Waals surface area (Å²) in [4.78, 5) is 23.9. The Morgan fingerprint density at radius 1 is 0.892 bits per heavy atom. The second-order valence-electron chi connectivity index (χ2n) is 9.48. The Kier molecular flexibility index (Phi) is 8.24. The van der Waals surface area contributed by atoms with Crippen molar-refractivity contribution in [3.8, 4) is 28.0 Å². The molecular formula is C32H33NO4. The van der Waals surface area contributed by atoms with Crippen LogP contribution in [0.25, 0.3) is 22.3 Å². The van der Waals surface area contributed by atoms with Gasteiger partial charge in [0.1, 0.15) is 5.75 Å². The third kappa shape index (κ3) is 6.56. The number of benzene rings is 3. The SMILES string of the molecule is CCC(Oc1cccc(CCCn2cc(-c3ccccc3-c3cc(C)cc(C)c3)ccc2=O)c1)C(=O)O. The van der Waals surface area contributed by atoms with Gasteiger partial charge in [-0.05, 0) is 79.1 Å². The van der Waals surface area contributed by atoms with Gasteiger partial charge in [-0.2, -0.15) is 0 Å². The van der Waals surface area contributed by atoms with Crippen molar-refractivity contribution in [2.24, 2.45) is 0 Å². The number of hydrogen-bond donors (Lipinski definition) is 1. The number of ether oxygens (including phenoxy) is 1. The predicted molar refractivity (Wildman–Crippen MR) is 148 cm³/mol. The first-order valence-corrected chi connectivity index (χ1v) is 12.7. The van der Waals surface area contributed by atoms with Crippen molar-refractivity contribution in [3.05, 3.63) is 112 Å². The molecule has 0 fully saturated rings. The van der Waals surface area contributed by atoms with E-state index in [9.17, 15) is 14.7 Å². The number of carbonyl (C=O) groups is 1. The Balaban J connectivity index is 1.51. The summed E-state index contributed by atoms with van der Waals surface area (Å²) >= 11 is 0. The van der Waals surface area contributed by atoms with Crippen molar-refractivity contribution in [2.45, 2.75) is 52.7 Å². The predicted octanol–water partition coefficient (Wildman–Crippen LogP) is 6.67. The van der Waals surface area contributed by atoms with E-state index >= 15 is 0 Å². The van der Waals surface area contributed by atoms with Crippen LogP contribution in [0.1, 0.15) is 36.5 Å². The highest BCUT2D eigenvalue weighted by molar-refractivity contribution is 5.83. The molecule has 1 atom stereocenters. The zero-order chi connectivity index (χ0) is 26.4. The quantitative estimate of drug-likeness (QED) is 0.267. The Bertz CT molecular complexity index is 1430. The van der Waals surface area contributed by atoms with Crippen molar-refractivity contribution < 1.29 is 14.6 Å². The number of carboxylic acid groups (broad SMARTS) is 1. The lowest BCUT2D eigenvalue weighted by Gasteiger charge is -2.14. The first kappa shape index (κ1) is 26.0. The Hall–Kier alpha value is -4.12. The van der Waals surface area contributed by atoms with Crippen LogP contribution in [-0.4, -0.2) is 21.7 Å². The molecular weight excluding hydrogens is 462 g/mol. The molecule has 1 aromatic heterocycles. The molecule has 0 saturated heterocycles. The molecule has 190 valence electrons. The maximum absolute atomic E-state index is 12.6. The molecule has 0 bridgehead atoms. The van der Waals surface area contributed by atoms with Crippen LogP contribution < -0.4 is 10.3 Å². The molecule has 1 N–H and O–H groups in total. The first-order valence-electron chi connectivity index (χ1n) is 12.7. The summed E-state index contributed by atoms with van der Waals surface area (Å²) in [5.74, 6) is -0.417. The van der Waals surface area contributed by atoms with Gasteiger partial charge in [-0.25, -0.2) is 4.79 Å². The molecule has 5 heteroatoms. The lowest BCUT2D eigenvalue weighted by Crippen LogP contribution is -2.25. The Morgan fingerprint density at radius 3 is 2.27 bits per heavy atom. The fourth-order valence-corrected chi connectivity index (χ4v) is 4.68. The average Bonchev–Trinajstić information content (AvgIpc) is 2.88. The van der Waals surface area contributed by atoms with Gasteiger partial charge in [-0.3, -0.25) is 4.79 Å². The van der Waals surface area contributed by atoms with Gasteiger partial charge < -0.3 is 14.4 Å². The standard InChI is InChI=1S/C32H33NO4/c1-4-30(32(35)36)37-27-11-7-9-24(20-27)10-8-16-33-21-25(14-15-31(33)34)28-12-5-6-13-29(28)26-18-22(2)17-23(3)19-26/h5-7,9,11-15,17-21,30H,4,8,10,16H2,1-3H3,(H,35,36). The van der Waals surface area contributed by atoms with Crippen LogP contribution in [0.5, 0.6) is 5.75 Å². The first-order chi connectivity index (χ1) is 17.8. The van der Waals surface area contributed by atoms with Crippen LogP contribution in [0.2, 0.25) is 0 Å². The van der Waals surface area contributed by atoms with Crippen molar-refractivity contribution in [2.75, 3.05) is 0 Å². The van der Waals surface area contributed by atoms with Crippen molar-refractivity contribution in [3.63, 3.8) is 0 Å². The molecule has 0 amide bonds. The van der Waals surface area contributed by atoms with Gasteiger partial charge >= 0.3 is 5.97 Å². The molecule has 3 aromatic carbocycles. The molecule has 0 spiro atoms. The van der Waals surface area contributed by atoms with Gasteiger partial charge in [0, 0.05) is 18.8 Å². The Labute approximate surface area is 218 Å². The molecule has 4 aromatic rings. The molecule has 0 aliphatic rings. The molecule has 4 rings (SSSR count). The minimum Gasteiger partial charge on any atom is -0.479 e. The number of aromatic nitrogens is 1. The lowest BCUT2D eigenvalue weighted by molar-refractivity contribution is -0.145. The fraction of sp³-hybridized carbons (Fsp3) is 0.250. The summed E-state index contributed by atoms with van der Waals surface area (Å²) < 4.78 is 7.39. The summed E-state index contributed by atoms with van der Waals surface area (Å²) in [5.41, 5.74) is 7.86. The lowest BCUT2D eigenvalue weighted by atomic mass is 9.93. The van der Waals surface area contributed by atoms with E-state index in [1.165, 1.54) is 16.7 Å². The normalized spacial score (nSPS) is 11.8. The largest absolute Gasteiger partial charge is 0.479 e. The minimum absolute atomic E-state index is 0.0306. The van der Waals surface area contributed by atoms with Crippen LogP contribution in [0.4, 0.5) is 0 Å². The highest BCUT2D eigenvalue weighted by atomic mass is 16.5. The third-order valence-electron chi connectivity index (χ3n) is 6.44. The molecule has 0 saturated carbocycles. The van der Waals surface area contributed by atoms with Crippen molar-refractivity contribution >= 4 is 5.97 Å². The van der Waals surface area contributed by atoms with Crippen LogP contribution in [0.3, 0.4) is 0 Å². The van der Waals surface area contributed by atoms with Gasteiger partial charge in [0.2, 0.25) is 0 Å². The van der Waals surface area contributed by atoms with Gasteiger partial charge in [-0.15, -0.1) is 0 Å². The zero-order valence-electron chi connectivity index (χ0n) is 21.6.